The highest BCUT2D eigenvalue weighted by Gasteiger charge is 2.41. The minimum absolute atomic E-state index is 0.0167. The Labute approximate surface area is 117 Å². The van der Waals surface area contributed by atoms with Crippen LogP contribution in [0.5, 0.6) is 5.75 Å². The Bertz CT molecular complexity index is 662. The number of alkyl halides is 4. The van der Waals surface area contributed by atoms with Crippen LogP contribution in [0.25, 0.3) is 5.69 Å². The molecule has 1 heterocycles. The fourth-order valence-corrected chi connectivity index (χ4v) is 1.61. The molecule has 0 unspecified atom stereocenters. The molecule has 0 atom stereocenters. The molecule has 114 valence electrons. The summed E-state index contributed by atoms with van der Waals surface area (Å²) in [5, 5.41) is 0. The molecule has 0 fully saturated rings. The second-order valence-electron chi connectivity index (χ2n) is 4.41. The number of imidazole rings is 1. The van der Waals surface area contributed by atoms with E-state index in [9.17, 15) is 22.4 Å². The monoisotopic (exact) mass is 304 g/mol. The van der Waals surface area contributed by atoms with Crippen molar-refractivity contribution in [1.82, 2.24) is 9.13 Å². The molecule has 0 saturated carbocycles. The van der Waals surface area contributed by atoms with Gasteiger partial charge in [-0.25, -0.2) is 13.6 Å². The Balaban J connectivity index is 2.10. The third kappa shape index (κ3) is 3.26. The first-order chi connectivity index (χ1) is 9.81. The number of rotatable bonds is 5. The van der Waals surface area contributed by atoms with Gasteiger partial charge < -0.3 is 9.30 Å². The van der Waals surface area contributed by atoms with Gasteiger partial charge in [0.15, 0.2) is 6.61 Å². The Morgan fingerprint density at radius 2 is 1.81 bits per heavy atom. The number of aromatic nitrogens is 2. The van der Waals surface area contributed by atoms with E-state index in [1.807, 2.05) is 0 Å². The van der Waals surface area contributed by atoms with E-state index in [0.29, 0.717) is 5.69 Å². The molecular formula is C13H12F4N2O2. The average molecular weight is 304 g/mol. The van der Waals surface area contributed by atoms with Gasteiger partial charge in [-0.1, -0.05) is 0 Å². The van der Waals surface area contributed by atoms with Crippen molar-refractivity contribution < 1.29 is 22.3 Å². The molecular weight excluding hydrogens is 292 g/mol. The SMILES string of the molecule is Cn1ccn(-c2ccc(OCC(F)(F)C(F)F)cc2)c1=O. The summed E-state index contributed by atoms with van der Waals surface area (Å²) in [6.07, 6.45) is -0.668. The molecule has 0 aliphatic rings. The lowest BCUT2D eigenvalue weighted by molar-refractivity contribution is -0.148. The van der Waals surface area contributed by atoms with E-state index in [2.05, 4.69) is 4.74 Å². The number of hydrogen-bond acceptors (Lipinski definition) is 2. The zero-order chi connectivity index (χ0) is 15.6. The molecule has 0 N–H and O–H groups in total. The van der Waals surface area contributed by atoms with Gasteiger partial charge in [0.25, 0.3) is 0 Å². The fraction of sp³-hybridized carbons (Fsp3) is 0.308. The van der Waals surface area contributed by atoms with Crippen molar-refractivity contribution in [2.75, 3.05) is 6.61 Å². The number of benzene rings is 1. The van der Waals surface area contributed by atoms with E-state index >= 15 is 0 Å². The Hall–Kier alpha value is -2.25. The molecule has 0 aliphatic carbocycles. The van der Waals surface area contributed by atoms with Gasteiger partial charge in [0.2, 0.25) is 0 Å². The number of halogens is 4. The van der Waals surface area contributed by atoms with Crippen molar-refractivity contribution in [3.63, 3.8) is 0 Å². The molecule has 4 nitrogen and oxygen atoms in total. The van der Waals surface area contributed by atoms with Gasteiger partial charge in [0.05, 0.1) is 5.69 Å². The molecule has 0 amide bonds. The number of ether oxygens (including phenoxy) is 1. The Morgan fingerprint density at radius 3 is 2.29 bits per heavy atom. The lowest BCUT2D eigenvalue weighted by atomic mass is 10.3. The predicted molar refractivity (Wildman–Crippen MR) is 67.5 cm³/mol. The van der Waals surface area contributed by atoms with E-state index in [1.165, 1.54) is 33.4 Å². The zero-order valence-corrected chi connectivity index (χ0v) is 11.0. The second kappa shape index (κ2) is 5.63. The normalized spacial score (nSPS) is 11.9. The first kappa shape index (κ1) is 15.1. The maximum absolute atomic E-state index is 12.7. The summed E-state index contributed by atoms with van der Waals surface area (Å²) >= 11 is 0. The van der Waals surface area contributed by atoms with Crippen LogP contribution >= 0.6 is 0 Å². The van der Waals surface area contributed by atoms with Crippen LogP contribution in [0.15, 0.2) is 41.5 Å². The molecule has 8 heteroatoms. The van der Waals surface area contributed by atoms with Crippen molar-refractivity contribution in [1.29, 1.82) is 0 Å². The standard InChI is InChI=1S/C13H12F4N2O2/c1-18-6-7-19(12(18)20)9-2-4-10(5-3-9)21-8-13(16,17)11(14)15/h2-7,11H,8H2,1H3. The molecule has 0 radical (unpaired) electrons. The van der Waals surface area contributed by atoms with Gasteiger partial charge in [-0.3, -0.25) is 4.57 Å². The molecule has 2 aromatic rings. The summed E-state index contributed by atoms with van der Waals surface area (Å²) in [7, 11) is 1.59. The first-order valence-electron chi connectivity index (χ1n) is 5.94. The van der Waals surface area contributed by atoms with E-state index in [1.54, 1.807) is 19.4 Å². The Morgan fingerprint density at radius 1 is 1.19 bits per heavy atom. The quantitative estimate of drug-likeness (QED) is 0.796. The van der Waals surface area contributed by atoms with Crippen LogP contribution in [-0.4, -0.2) is 28.1 Å². The second-order valence-corrected chi connectivity index (χ2v) is 4.41. The van der Waals surface area contributed by atoms with Gasteiger partial charge in [0, 0.05) is 19.4 Å². The number of nitrogens with zero attached hydrogens (tertiary/aromatic N) is 2. The summed E-state index contributed by atoms with van der Waals surface area (Å²) in [6.45, 7) is -1.41. The smallest absolute Gasteiger partial charge is 0.340 e. The summed E-state index contributed by atoms with van der Waals surface area (Å²) in [6, 6.07) is 5.60. The third-order valence-corrected chi connectivity index (χ3v) is 2.81. The molecule has 1 aromatic carbocycles. The van der Waals surface area contributed by atoms with E-state index in [0.717, 1.165) is 0 Å². The molecule has 0 saturated heterocycles. The molecule has 21 heavy (non-hydrogen) atoms. The van der Waals surface area contributed by atoms with Crippen LogP contribution in [0.4, 0.5) is 17.6 Å². The van der Waals surface area contributed by atoms with Crippen LogP contribution in [0.3, 0.4) is 0 Å². The van der Waals surface area contributed by atoms with Crippen LogP contribution in [-0.2, 0) is 7.05 Å². The van der Waals surface area contributed by atoms with Crippen LogP contribution in [0, 0.1) is 0 Å². The van der Waals surface area contributed by atoms with Gasteiger partial charge in [-0.05, 0) is 24.3 Å². The van der Waals surface area contributed by atoms with Gasteiger partial charge >= 0.3 is 18.0 Å². The molecule has 1 aromatic heterocycles. The summed E-state index contributed by atoms with van der Waals surface area (Å²) in [5.41, 5.74) is 0.237. The highest BCUT2D eigenvalue weighted by molar-refractivity contribution is 5.37. The summed E-state index contributed by atoms with van der Waals surface area (Å²) in [5.74, 6) is -4.18. The molecule has 2 rings (SSSR count). The van der Waals surface area contributed by atoms with E-state index < -0.39 is 19.0 Å². The summed E-state index contributed by atoms with van der Waals surface area (Å²) in [4.78, 5) is 11.7. The number of aryl methyl sites for hydroxylation is 1. The lowest BCUT2D eigenvalue weighted by Gasteiger charge is -2.16. The van der Waals surface area contributed by atoms with E-state index in [4.69, 9.17) is 0 Å². The fourth-order valence-electron chi connectivity index (χ4n) is 1.61. The lowest BCUT2D eigenvalue weighted by Crippen LogP contribution is -2.33. The maximum atomic E-state index is 12.7. The first-order valence-corrected chi connectivity index (χ1v) is 5.94. The van der Waals surface area contributed by atoms with Crippen molar-refractivity contribution in [3.05, 3.63) is 47.1 Å². The third-order valence-electron chi connectivity index (χ3n) is 2.81. The molecule has 0 spiro atoms. The highest BCUT2D eigenvalue weighted by atomic mass is 19.3. The largest absolute Gasteiger partial charge is 0.487 e. The molecule has 0 bridgehead atoms. The maximum Gasteiger partial charge on any atom is 0.340 e. The molecule has 0 aliphatic heterocycles. The van der Waals surface area contributed by atoms with Crippen LogP contribution in [0.1, 0.15) is 0 Å². The highest BCUT2D eigenvalue weighted by Crippen LogP contribution is 2.24. The minimum atomic E-state index is -4.20. The average Bonchev–Trinajstić information content (AvgIpc) is 2.77. The predicted octanol–water partition coefficient (Wildman–Crippen LogP) is 2.46. The van der Waals surface area contributed by atoms with Crippen molar-refractivity contribution >= 4 is 0 Å². The van der Waals surface area contributed by atoms with E-state index in [-0.39, 0.29) is 11.4 Å². The Kier molecular flexibility index (Phi) is 4.06. The van der Waals surface area contributed by atoms with Crippen LogP contribution < -0.4 is 10.4 Å². The van der Waals surface area contributed by atoms with Crippen LogP contribution in [0.2, 0.25) is 0 Å². The minimum Gasteiger partial charge on any atom is -0.487 e. The zero-order valence-electron chi connectivity index (χ0n) is 11.0. The van der Waals surface area contributed by atoms with Gasteiger partial charge in [-0.15, -0.1) is 0 Å². The van der Waals surface area contributed by atoms with Crippen molar-refractivity contribution in [2.45, 2.75) is 12.3 Å². The number of hydrogen-bond donors (Lipinski definition) is 0. The van der Waals surface area contributed by atoms with Gasteiger partial charge in [-0.2, -0.15) is 8.78 Å². The topological polar surface area (TPSA) is 36.2 Å². The summed E-state index contributed by atoms with van der Waals surface area (Å²) < 4.78 is 56.7. The van der Waals surface area contributed by atoms with Crippen molar-refractivity contribution in [2.24, 2.45) is 7.05 Å². The van der Waals surface area contributed by atoms with Gasteiger partial charge in [0.1, 0.15) is 5.75 Å². The van der Waals surface area contributed by atoms with Crippen molar-refractivity contribution in [3.8, 4) is 11.4 Å².